The molecule has 0 bridgehead atoms. The number of aliphatic carboxylic acids is 1. The van der Waals surface area contributed by atoms with E-state index in [0.717, 1.165) is 16.6 Å². The molecule has 0 atom stereocenters. The summed E-state index contributed by atoms with van der Waals surface area (Å²) >= 11 is 0. The van der Waals surface area contributed by atoms with Gasteiger partial charge in [-0.25, -0.2) is 4.98 Å². The maximum absolute atomic E-state index is 10.8. The van der Waals surface area contributed by atoms with Crippen LogP contribution in [-0.2, 0) is 11.2 Å². The van der Waals surface area contributed by atoms with Crippen molar-refractivity contribution in [3.63, 3.8) is 0 Å². The number of H-pyrrole nitrogens is 1. The Hall–Kier alpha value is -2.30. The molecule has 0 aliphatic rings. The molecule has 0 fully saturated rings. The lowest BCUT2D eigenvalue weighted by Crippen LogP contribution is -2.28. The molecule has 0 saturated heterocycles. The minimum Gasteiger partial charge on any atom is -0.550 e. The van der Waals surface area contributed by atoms with Crippen LogP contribution in [0.4, 0.5) is 5.69 Å². The van der Waals surface area contributed by atoms with Crippen molar-refractivity contribution in [3.8, 4) is 5.75 Å². The van der Waals surface area contributed by atoms with Crippen molar-refractivity contribution in [1.29, 1.82) is 0 Å². The van der Waals surface area contributed by atoms with E-state index in [1.807, 2.05) is 43.3 Å². The number of pyridine rings is 1. The molecule has 1 aromatic heterocycles. The zero-order valence-electron chi connectivity index (χ0n) is 11.2. The number of nitrogens with one attached hydrogen (secondary N) is 1. The van der Waals surface area contributed by atoms with Crippen LogP contribution in [0, 0.1) is 0 Å². The van der Waals surface area contributed by atoms with E-state index in [1.165, 1.54) is 0 Å². The number of carboxylic acids is 1. The summed E-state index contributed by atoms with van der Waals surface area (Å²) in [5, 5.41) is 11.7. The van der Waals surface area contributed by atoms with E-state index >= 15 is 0 Å². The number of carbonyl (C=O) groups is 1. The van der Waals surface area contributed by atoms with Crippen LogP contribution in [-0.4, -0.2) is 27.2 Å². The number of benzene rings is 1. The maximum atomic E-state index is 10.8. The first-order valence-electron chi connectivity index (χ1n) is 5.92. The third-order valence-electron chi connectivity index (χ3n) is 2.94. The van der Waals surface area contributed by atoms with Crippen molar-refractivity contribution in [2.75, 3.05) is 26.1 Å². The molecule has 100 valence electrons. The van der Waals surface area contributed by atoms with Crippen LogP contribution in [0.25, 0.3) is 10.9 Å². The molecule has 2 rings (SSSR count). The van der Waals surface area contributed by atoms with Gasteiger partial charge in [-0.2, -0.15) is 0 Å². The highest BCUT2D eigenvalue weighted by Gasteiger charge is 2.16. The number of hydrogen-bond donors (Lipinski definition) is 0. The van der Waals surface area contributed by atoms with Gasteiger partial charge in [0.15, 0.2) is 11.4 Å². The number of ether oxygens (including phenoxy) is 1. The predicted molar refractivity (Wildman–Crippen MR) is 70.1 cm³/mol. The van der Waals surface area contributed by atoms with Crippen molar-refractivity contribution in [3.05, 3.63) is 30.0 Å². The van der Waals surface area contributed by atoms with Crippen molar-refractivity contribution >= 4 is 22.6 Å². The first kappa shape index (κ1) is 13.1. The van der Waals surface area contributed by atoms with Crippen molar-refractivity contribution in [1.82, 2.24) is 0 Å². The van der Waals surface area contributed by atoms with E-state index in [1.54, 1.807) is 7.11 Å². The molecule has 5 nitrogen and oxygen atoms in total. The number of nitrogens with zero attached hydrogens (tertiary/aromatic N) is 1. The Morgan fingerprint density at radius 2 is 2.16 bits per heavy atom. The molecule has 1 aromatic carbocycles. The fraction of sp³-hybridized carbons (Fsp3) is 0.286. The van der Waals surface area contributed by atoms with E-state index in [9.17, 15) is 9.90 Å². The smallest absolute Gasteiger partial charge is 0.255 e. The highest BCUT2D eigenvalue weighted by molar-refractivity contribution is 5.93. The maximum Gasteiger partial charge on any atom is 0.255 e. The molecule has 0 aliphatic carbocycles. The summed E-state index contributed by atoms with van der Waals surface area (Å²) in [6.45, 7) is 0. The fourth-order valence-corrected chi connectivity index (χ4v) is 2.10. The van der Waals surface area contributed by atoms with Gasteiger partial charge in [0.25, 0.3) is 5.52 Å². The van der Waals surface area contributed by atoms with Crippen molar-refractivity contribution in [2.24, 2.45) is 0 Å². The van der Waals surface area contributed by atoms with E-state index in [-0.39, 0.29) is 6.42 Å². The minimum atomic E-state index is -1.12. The van der Waals surface area contributed by atoms with Gasteiger partial charge in [-0.05, 0) is 12.1 Å². The first-order chi connectivity index (χ1) is 9.02. The average molecular weight is 260 g/mol. The summed E-state index contributed by atoms with van der Waals surface area (Å²) in [5.74, 6) is -0.434. The van der Waals surface area contributed by atoms with Gasteiger partial charge in [-0.15, -0.1) is 0 Å². The molecule has 19 heavy (non-hydrogen) atoms. The van der Waals surface area contributed by atoms with Crippen LogP contribution < -0.4 is 19.7 Å². The molecule has 5 heteroatoms. The lowest BCUT2D eigenvalue weighted by atomic mass is 10.1. The third kappa shape index (κ3) is 2.59. The van der Waals surface area contributed by atoms with Gasteiger partial charge in [-0.1, -0.05) is 6.07 Å². The Morgan fingerprint density at radius 1 is 1.42 bits per heavy atom. The topological polar surface area (TPSA) is 66.7 Å². The van der Waals surface area contributed by atoms with Gasteiger partial charge in [0, 0.05) is 20.2 Å². The number of anilines is 1. The number of methoxy groups -OCH3 is 1. The Labute approximate surface area is 111 Å². The standard InChI is InChI=1S/C14H16N2O3/c1-16(2)11-7-9(8-13(17)18)15-14-10(11)5-4-6-12(14)19-3/h4-7H,8H2,1-3H3,(H,17,18). The largest absolute Gasteiger partial charge is 0.550 e. The Balaban J connectivity index is 2.72. The average Bonchev–Trinajstić information content (AvgIpc) is 2.36. The van der Waals surface area contributed by atoms with Crippen molar-refractivity contribution in [2.45, 2.75) is 6.42 Å². The minimum absolute atomic E-state index is 0.158. The lowest BCUT2D eigenvalue weighted by molar-refractivity contribution is -0.362. The number of para-hydroxylation sites is 1. The fourth-order valence-electron chi connectivity index (χ4n) is 2.10. The molecule has 0 aliphatic heterocycles. The summed E-state index contributed by atoms with van der Waals surface area (Å²) in [4.78, 5) is 15.8. The molecule has 2 aromatic rings. The van der Waals surface area contributed by atoms with Crippen LogP contribution in [0.15, 0.2) is 24.3 Å². The van der Waals surface area contributed by atoms with Gasteiger partial charge >= 0.3 is 0 Å². The molecular formula is C14H16N2O3. The van der Waals surface area contributed by atoms with Crippen LogP contribution in [0.1, 0.15) is 5.69 Å². The second kappa shape index (κ2) is 5.14. The Morgan fingerprint density at radius 3 is 2.74 bits per heavy atom. The third-order valence-corrected chi connectivity index (χ3v) is 2.94. The van der Waals surface area contributed by atoms with E-state index in [2.05, 4.69) is 4.98 Å². The second-order valence-corrected chi connectivity index (χ2v) is 4.51. The van der Waals surface area contributed by atoms with Crippen LogP contribution in [0.5, 0.6) is 5.75 Å². The van der Waals surface area contributed by atoms with Gasteiger partial charge in [0.05, 0.1) is 30.6 Å². The monoisotopic (exact) mass is 260 g/mol. The molecule has 0 radical (unpaired) electrons. The van der Waals surface area contributed by atoms with Gasteiger partial charge in [0.1, 0.15) is 0 Å². The molecule has 1 heterocycles. The number of rotatable bonds is 4. The predicted octanol–water partition coefficient (Wildman–Crippen LogP) is 0.0209. The van der Waals surface area contributed by atoms with Crippen molar-refractivity contribution < 1.29 is 19.6 Å². The molecular weight excluding hydrogens is 244 g/mol. The van der Waals surface area contributed by atoms with E-state index in [0.29, 0.717) is 11.4 Å². The zero-order valence-corrected chi connectivity index (χ0v) is 11.2. The van der Waals surface area contributed by atoms with Crippen LogP contribution in [0.3, 0.4) is 0 Å². The summed E-state index contributed by atoms with van der Waals surface area (Å²) in [6, 6.07) is 7.52. The summed E-state index contributed by atoms with van der Waals surface area (Å²) in [5.41, 5.74) is 2.30. The summed E-state index contributed by atoms with van der Waals surface area (Å²) in [7, 11) is 5.41. The molecule has 0 spiro atoms. The number of aromatic amines is 1. The molecule has 0 unspecified atom stereocenters. The first-order valence-corrected chi connectivity index (χ1v) is 5.92. The SMILES string of the molecule is COc1cccc2c(N(C)C)cc(CC(=O)[O-])[nH+]c12. The molecule has 1 N–H and O–H groups in total. The number of carbonyl (C=O) groups excluding carboxylic acids is 1. The van der Waals surface area contributed by atoms with Crippen LogP contribution >= 0.6 is 0 Å². The molecule has 0 amide bonds. The van der Waals surface area contributed by atoms with Gasteiger partial charge < -0.3 is 19.5 Å². The highest BCUT2D eigenvalue weighted by atomic mass is 16.5. The Bertz CT molecular complexity index is 623. The normalized spacial score (nSPS) is 10.5. The molecule has 0 saturated carbocycles. The van der Waals surface area contributed by atoms with Gasteiger partial charge in [-0.3, -0.25) is 0 Å². The number of aromatic nitrogens is 1. The van der Waals surface area contributed by atoms with E-state index in [4.69, 9.17) is 4.74 Å². The lowest BCUT2D eigenvalue weighted by Gasteiger charge is -2.15. The quantitative estimate of drug-likeness (QED) is 0.777. The summed E-state index contributed by atoms with van der Waals surface area (Å²) in [6.07, 6.45) is -0.158. The van der Waals surface area contributed by atoms with Gasteiger partial charge in [0.2, 0.25) is 0 Å². The van der Waals surface area contributed by atoms with E-state index < -0.39 is 5.97 Å². The highest BCUT2D eigenvalue weighted by Crippen LogP contribution is 2.29. The number of carboxylic acid groups (broad SMARTS) is 1. The zero-order chi connectivity index (χ0) is 14.0. The Kier molecular flexibility index (Phi) is 3.55. The second-order valence-electron chi connectivity index (χ2n) is 4.51. The number of hydrogen-bond acceptors (Lipinski definition) is 4. The van der Waals surface area contributed by atoms with Crippen LogP contribution in [0.2, 0.25) is 0 Å². The summed E-state index contributed by atoms with van der Waals surface area (Å²) < 4.78 is 5.31. The number of fused-ring (bicyclic) bond motifs is 1.